The first-order valence-electron chi connectivity index (χ1n) is 6.19. The SMILES string of the molecule is CCOC(=O)C[C@@H]1CCc2cc([N+](=O)[O-])ccc2O1. The summed E-state index contributed by atoms with van der Waals surface area (Å²) >= 11 is 0. The van der Waals surface area contributed by atoms with Crippen LogP contribution in [0.5, 0.6) is 5.75 Å². The number of carbonyl (C=O) groups excluding carboxylic acids is 1. The molecule has 1 aliphatic heterocycles. The number of hydrogen-bond donors (Lipinski definition) is 0. The first-order valence-corrected chi connectivity index (χ1v) is 6.19. The molecule has 6 nitrogen and oxygen atoms in total. The second-order valence-corrected chi connectivity index (χ2v) is 4.34. The number of nitro groups is 1. The maximum absolute atomic E-state index is 11.4. The van der Waals surface area contributed by atoms with Crippen molar-refractivity contribution in [2.75, 3.05) is 6.61 Å². The van der Waals surface area contributed by atoms with E-state index >= 15 is 0 Å². The molecule has 0 spiro atoms. The fraction of sp³-hybridized carbons (Fsp3) is 0.462. The minimum atomic E-state index is -0.426. The lowest BCUT2D eigenvalue weighted by Crippen LogP contribution is -2.26. The summed E-state index contributed by atoms with van der Waals surface area (Å²) in [7, 11) is 0. The zero-order chi connectivity index (χ0) is 13.8. The van der Waals surface area contributed by atoms with Gasteiger partial charge in [-0.3, -0.25) is 14.9 Å². The Balaban J connectivity index is 2.04. The molecule has 0 radical (unpaired) electrons. The Bertz CT molecular complexity index is 500. The second kappa shape index (κ2) is 5.69. The molecule has 1 heterocycles. The van der Waals surface area contributed by atoms with Crippen LogP contribution in [0.15, 0.2) is 18.2 Å². The Kier molecular flexibility index (Phi) is 3.99. The number of aryl methyl sites for hydroxylation is 1. The molecule has 2 rings (SSSR count). The third-order valence-corrected chi connectivity index (χ3v) is 2.98. The minimum absolute atomic E-state index is 0.0613. The number of ether oxygens (including phenoxy) is 2. The molecule has 6 heteroatoms. The van der Waals surface area contributed by atoms with Gasteiger partial charge in [0, 0.05) is 17.7 Å². The highest BCUT2D eigenvalue weighted by atomic mass is 16.6. The highest BCUT2D eigenvalue weighted by Gasteiger charge is 2.24. The van der Waals surface area contributed by atoms with Crippen molar-refractivity contribution in [1.82, 2.24) is 0 Å². The van der Waals surface area contributed by atoms with Gasteiger partial charge in [0.2, 0.25) is 0 Å². The Morgan fingerprint density at radius 2 is 2.37 bits per heavy atom. The molecule has 0 saturated heterocycles. The van der Waals surface area contributed by atoms with E-state index in [4.69, 9.17) is 9.47 Å². The first-order chi connectivity index (χ1) is 9.10. The zero-order valence-corrected chi connectivity index (χ0v) is 10.6. The average molecular weight is 265 g/mol. The molecule has 1 aliphatic rings. The minimum Gasteiger partial charge on any atom is -0.490 e. The number of fused-ring (bicyclic) bond motifs is 1. The number of hydrogen-bond acceptors (Lipinski definition) is 5. The van der Waals surface area contributed by atoms with E-state index in [0.29, 0.717) is 25.2 Å². The first kappa shape index (κ1) is 13.3. The third kappa shape index (κ3) is 3.21. The van der Waals surface area contributed by atoms with Crippen molar-refractivity contribution in [1.29, 1.82) is 0 Å². The number of non-ortho nitro benzene ring substituents is 1. The average Bonchev–Trinajstić information content (AvgIpc) is 2.38. The number of carbonyl (C=O) groups is 1. The standard InChI is InChI=1S/C13H15NO5/c1-2-18-13(15)8-11-5-3-9-7-10(14(16)17)4-6-12(9)19-11/h4,6-7,11H,2-3,5,8H2,1H3/t11-/m0/s1. The summed E-state index contributed by atoms with van der Waals surface area (Å²) in [5.41, 5.74) is 0.875. The molecule has 0 unspecified atom stereocenters. The summed E-state index contributed by atoms with van der Waals surface area (Å²) < 4.78 is 10.5. The number of nitro benzene ring substituents is 1. The number of rotatable bonds is 4. The van der Waals surface area contributed by atoms with Gasteiger partial charge >= 0.3 is 5.97 Å². The van der Waals surface area contributed by atoms with E-state index in [1.54, 1.807) is 13.0 Å². The summed E-state index contributed by atoms with van der Waals surface area (Å²) in [6.45, 7) is 2.11. The Labute approximate surface area is 110 Å². The van der Waals surface area contributed by atoms with E-state index in [2.05, 4.69) is 0 Å². The van der Waals surface area contributed by atoms with Crippen LogP contribution in [-0.4, -0.2) is 23.6 Å². The van der Waals surface area contributed by atoms with Crippen LogP contribution in [0, 0.1) is 10.1 Å². The molecule has 19 heavy (non-hydrogen) atoms. The van der Waals surface area contributed by atoms with Gasteiger partial charge in [-0.05, 0) is 25.8 Å². The summed E-state index contributed by atoms with van der Waals surface area (Å²) in [5.74, 6) is 0.337. The van der Waals surface area contributed by atoms with Gasteiger partial charge in [-0.2, -0.15) is 0 Å². The van der Waals surface area contributed by atoms with Gasteiger partial charge < -0.3 is 9.47 Å². The highest BCUT2D eigenvalue weighted by molar-refractivity contribution is 5.70. The normalized spacial score (nSPS) is 17.2. The van der Waals surface area contributed by atoms with Gasteiger partial charge in [-0.25, -0.2) is 0 Å². The summed E-state index contributed by atoms with van der Waals surface area (Å²) in [6.07, 6.45) is 1.33. The molecule has 0 bridgehead atoms. The molecule has 1 aromatic rings. The predicted octanol–water partition coefficient (Wildman–Crippen LogP) is 2.24. The van der Waals surface area contributed by atoms with Crippen molar-refractivity contribution in [2.45, 2.75) is 32.3 Å². The van der Waals surface area contributed by atoms with Gasteiger partial charge in [0.1, 0.15) is 11.9 Å². The fourth-order valence-electron chi connectivity index (χ4n) is 2.09. The number of benzene rings is 1. The molecule has 102 valence electrons. The van der Waals surface area contributed by atoms with Gasteiger partial charge in [0.15, 0.2) is 0 Å². The van der Waals surface area contributed by atoms with Crippen molar-refractivity contribution < 1.29 is 19.2 Å². The monoisotopic (exact) mass is 265 g/mol. The largest absolute Gasteiger partial charge is 0.490 e. The molecule has 0 aromatic heterocycles. The topological polar surface area (TPSA) is 78.7 Å². The maximum atomic E-state index is 11.4. The quantitative estimate of drug-likeness (QED) is 0.474. The fourth-order valence-corrected chi connectivity index (χ4v) is 2.09. The second-order valence-electron chi connectivity index (χ2n) is 4.34. The van der Waals surface area contributed by atoms with Crippen LogP contribution in [0.4, 0.5) is 5.69 Å². The van der Waals surface area contributed by atoms with Crippen LogP contribution >= 0.6 is 0 Å². The van der Waals surface area contributed by atoms with Crippen molar-refractivity contribution in [3.05, 3.63) is 33.9 Å². The molecular weight excluding hydrogens is 250 g/mol. The van der Waals surface area contributed by atoms with E-state index in [-0.39, 0.29) is 24.2 Å². The van der Waals surface area contributed by atoms with Crippen LogP contribution in [-0.2, 0) is 16.0 Å². The Morgan fingerprint density at radius 1 is 1.58 bits per heavy atom. The van der Waals surface area contributed by atoms with Gasteiger partial charge in [-0.15, -0.1) is 0 Å². The van der Waals surface area contributed by atoms with Gasteiger partial charge in [0.25, 0.3) is 5.69 Å². The van der Waals surface area contributed by atoms with Gasteiger partial charge in [0.05, 0.1) is 18.0 Å². The summed E-state index contributed by atoms with van der Waals surface area (Å²) in [6, 6.07) is 4.52. The van der Waals surface area contributed by atoms with Crippen LogP contribution in [0.3, 0.4) is 0 Å². The Morgan fingerprint density at radius 3 is 3.05 bits per heavy atom. The summed E-state index contributed by atoms with van der Waals surface area (Å²) in [4.78, 5) is 21.6. The zero-order valence-electron chi connectivity index (χ0n) is 10.6. The third-order valence-electron chi connectivity index (χ3n) is 2.98. The van der Waals surface area contributed by atoms with Crippen LogP contribution in [0.2, 0.25) is 0 Å². The molecule has 1 atom stereocenters. The smallest absolute Gasteiger partial charge is 0.309 e. The van der Waals surface area contributed by atoms with E-state index in [0.717, 1.165) is 5.56 Å². The van der Waals surface area contributed by atoms with E-state index in [1.165, 1.54) is 12.1 Å². The molecule has 0 N–H and O–H groups in total. The van der Waals surface area contributed by atoms with Crippen molar-refractivity contribution in [3.8, 4) is 5.75 Å². The molecule has 0 saturated carbocycles. The van der Waals surface area contributed by atoms with Crippen molar-refractivity contribution >= 4 is 11.7 Å². The van der Waals surface area contributed by atoms with Crippen LogP contribution in [0.1, 0.15) is 25.3 Å². The number of nitrogens with zero attached hydrogens (tertiary/aromatic N) is 1. The predicted molar refractivity (Wildman–Crippen MR) is 67.1 cm³/mol. The van der Waals surface area contributed by atoms with Crippen LogP contribution < -0.4 is 4.74 Å². The lowest BCUT2D eigenvalue weighted by Gasteiger charge is -2.25. The molecule has 0 aliphatic carbocycles. The van der Waals surface area contributed by atoms with Crippen molar-refractivity contribution in [2.24, 2.45) is 0 Å². The Hall–Kier alpha value is -2.11. The summed E-state index contributed by atoms with van der Waals surface area (Å²) in [5, 5.41) is 10.7. The molecule has 0 amide bonds. The van der Waals surface area contributed by atoms with Crippen molar-refractivity contribution in [3.63, 3.8) is 0 Å². The maximum Gasteiger partial charge on any atom is 0.309 e. The van der Waals surface area contributed by atoms with E-state index in [1.807, 2.05) is 0 Å². The van der Waals surface area contributed by atoms with Gasteiger partial charge in [-0.1, -0.05) is 0 Å². The van der Waals surface area contributed by atoms with Crippen LogP contribution in [0.25, 0.3) is 0 Å². The molecular formula is C13H15NO5. The lowest BCUT2D eigenvalue weighted by molar-refractivity contribution is -0.385. The van der Waals surface area contributed by atoms with E-state index < -0.39 is 4.92 Å². The van der Waals surface area contributed by atoms with E-state index in [9.17, 15) is 14.9 Å². The highest BCUT2D eigenvalue weighted by Crippen LogP contribution is 2.31. The molecule has 0 fully saturated rings. The number of esters is 1. The lowest BCUT2D eigenvalue weighted by atomic mass is 10.00. The molecule has 1 aromatic carbocycles.